The molecule has 0 saturated heterocycles. The smallest absolute Gasteiger partial charge is 0.255 e. The van der Waals surface area contributed by atoms with Gasteiger partial charge in [0.2, 0.25) is 23.6 Å². The van der Waals surface area contributed by atoms with E-state index < -0.39 is 53.7 Å². The SMILES string of the molecule is COc1cccc(CNC(=O)[C@H](CC(C)C)NC(=O)[C@H](Cc2ccccc2)NC(=O)[C@H](CC(C)C)NC(=O)[C@H](Cc2ccccc2)NC(=O)c2cccc(OC)c2OC)c1OC. The highest BCUT2D eigenvalue weighted by Gasteiger charge is 2.33. The van der Waals surface area contributed by atoms with Gasteiger partial charge in [-0.05, 0) is 54.0 Å². The maximum atomic E-state index is 14.3. The molecule has 0 aliphatic rings. The summed E-state index contributed by atoms with van der Waals surface area (Å²) in [4.78, 5) is 70.4. The van der Waals surface area contributed by atoms with Gasteiger partial charge in [-0.25, -0.2) is 0 Å². The fourth-order valence-corrected chi connectivity index (χ4v) is 7.04. The first-order chi connectivity index (χ1) is 29.8. The van der Waals surface area contributed by atoms with Gasteiger partial charge in [0.05, 0.1) is 34.0 Å². The van der Waals surface area contributed by atoms with E-state index >= 15 is 0 Å². The third kappa shape index (κ3) is 14.0. The molecule has 0 heterocycles. The van der Waals surface area contributed by atoms with Crippen molar-refractivity contribution in [2.45, 2.75) is 84.1 Å². The van der Waals surface area contributed by atoms with Gasteiger partial charge in [-0.3, -0.25) is 24.0 Å². The van der Waals surface area contributed by atoms with Crippen molar-refractivity contribution in [2.24, 2.45) is 11.8 Å². The number of rotatable bonds is 23. The Morgan fingerprint density at radius 2 is 0.903 bits per heavy atom. The van der Waals surface area contributed by atoms with E-state index in [-0.39, 0.29) is 49.0 Å². The normalized spacial score (nSPS) is 12.9. The van der Waals surface area contributed by atoms with Gasteiger partial charge < -0.3 is 45.5 Å². The van der Waals surface area contributed by atoms with Gasteiger partial charge in [0.25, 0.3) is 5.91 Å². The number of ether oxygens (including phenoxy) is 4. The Labute approximate surface area is 364 Å². The first-order valence-electron chi connectivity index (χ1n) is 20.8. The number of nitrogens with one attached hydrogen (secondary N) is 5. The highest BCUT2D eigenvalue weighted by Crippen LogP contribution is 2.31. The average molecular weight is 852 g/mol. The van der Waals surface area contributed by atoms with Gasteiger partial charge in [-0.15, -0.1) is 0 Å². The van der Waals surface area contributed by atoms with Crippen LogP contribution < -0.4 is 45.5 Å². The Kier molecular flexibility index (Phi) is 18.6. The van der Waals surface area contributed by atoms with E-state index in [2.05, 4.69) is 26.6 Å². The molecule has 332 valence electrons. The number of benzene rings is 4. The molecule has 14 heteroatoms. The molecule has 5 N–H and O–H groups in total. The van der Waals surface area contributed by atoms with Crippen LogP contribution in [0.2, 0.25) is 0 Å². The Balaban J connectivity index is 1.59. The van der Waals surface area contributed by atoms with Crippen molar-refractivity contribution in [2.75, 3.05) is 28.4 Å². The van der Waals surface area contributed by atoms with Crippen LogP contribution in [0.3, 0.4) is 0 Å². The molecule has 62 heavy (non-hydrogen) atoms. The van der Waals surface area contributed by atoms with Crippen molar-refractivity contribution in [3.63, 3.8) is 0 Å². The molecule has 0 saturated carbocycles. The Hall–Kier alpha value is -6.57. The topological polar surface area (TPSA) is 182 Å². The zero-order valence-electron chi connectivity index (χ0n) is 36.9. The van der Waals surface area contributed by atoms with Crippen molar-refractivity contribution in [3.05, 3.63) is 119 Å². The van der Waals surface area contributed by atoms with Gasteiger partial charge in [0, 0.05) is 24.9 Å². The number of hydrogen-bond donors (Lipinski definition) is 5. The lowest BCUT2D eigenvalue weighted by molar-refractivity contribution is -0.134. The fraction of sp³-hybridized carbons (Fsp3) is 0.396. The lowest BCUT2D eigenvalue weighted by atomic mass is 9.99. The summed E-state index contributed by atoms with van der Waals surface area (Å²) in [5.41, 5.74) is 2.39. The van der Waals surface area contributed by atoms with E-state index in [4.69, 9.17) is 18.9 Å². The molecule has 0 fully saturated rings. The minimum atomic E-state index is -1.13. The summed E-state index contributed by atoms with van der Waals surface area (Å²) in [5, 5.41) is 14.5. The van der Waals surface area contributed by atoms with Crippen molar-refractivity contribution in [1.82, 2.24) is 26.6 Å². The highest BCUT2D eigenvalue weighted by molar-refractivity contribution is 6.01. The minimum Gasteiger partial charge on any atom is -0.493 e. The second-order valence-electron chi connectivity index (χ2n) is 15.8. The third-order valence-electron chi connectivity index (χ3n) is 10.1. The van der Waals surface area contributed by atoms with Crippen LogP contribution >= 0.6 is 0 Å². The van der Waals surface area contributed by atoms with Crippen LogP contribution in [0.5, 0.6) is 23.0 Å². The molecule has 4 aromatic carbocycles. The van der Waals surface area contributed by atoms with Gasteiger partial charge in [-0.1, -0.05) is 107 Å². The average Bonchev–Trinajstić information content (AvgIpc) is 3.26. The second kappa shape index (κ2) is 24.0. The van der Waals surface area contributed by atoms with Crippen LogP contribution in [0.15, 0.2) is 97.1 Å². The molecule has 4 rings (SSSR count). The highest BCUT2D eigenvalue weighted by atomic mass is 16.5. The number of amides is 5. The molecular weight excluding hydrogens is 791 g/mol. The molecule has 0 spiro atoms. The Morgan fingerprint density at radius 1 is 0.468 bits per heavy atom. The van der Waals surface area contributed by atoms with Crippen LogP contribution in [-0.4, -0.2) is 82.1 Å². The van der Waals surface area contributed by atoms with E-state index in [1.54, 1.807) is 30.3 Å². The maximum absolute atomic E-state index is 14.3. The molecule has 0 radical (unpaired) electrons. The number of methoxy groups -OCH3 is 4. The van der Waals surface area contributed by atoms with Crippen LogP contribution in [-0.2, 0) is 38.6 Å². The lowest BCUT2D eigenvalue weighted by Gasteiger charge is -2.28. The molecule has 5 amide bonds. The molecular formula is C48H61N5O9. The van der Waals surface area contributed by atoms with Gasteiger partial charge in [-0.2, -0.15) is 0 Å². The fourth-order valence-electron chi connectivity index (χ4n) is 7.04. The number of hydrogen-bond acceptors (Lipinski definition) is 9. The van der Waals surface area contributed by atoms with E-state index in [1.165, 1.54) is 28.4 Å². The summed E-state index contributed by atoms with van der Waals surface area (Å²) in [6.07, 6.45) is 0.761. The Morgan fingerprint density at radius 3 is 1.39 bits per heavy atom. The second-order valence-corrected chi connectivity index (χ2v) is 15.8. The van der Waals surface area contributed by atoms with Crippen molar-refractivity contribution >= 4 is 29.5 Å². The molecule has 0 bridgehead atoms. The quantitative estimate of drug-likeness (QED) is 0.0673. The third-order valence-corrected chi connectivity index (χ3v) is 10.1. The maximum Gasteiger partial charge on any atom is 0.255 e. The summed E-state index contributed by atoms with van der Waals surface area (Å²) in [6, 6.07) is 24.3. The Bertz CT molecular complexity index is 2100. The van der Waals surface area contributed by atoms with Gasteiger partial charge >= 0.3 is 0 Å². The van der Waals surface area contributed by atoms with Gasteiger partial charge in [0.1, 0.15) is 24.2 Å². The summed E-state index contributed by atoms with van der Waals surface area (Å²) in [5.74, 6) is -1.24. The standard InChI is InChI=1S/C48H61N5O9/c1-30(2)25-36(45(55)49-29-34-21-15-23-40(59-5)42(34)61-7)51-48(58)39(28-33-19-13-10-14-20-33)53-46(56)37(26-31(3)4)52-47(57)38(27-32-17-11-9-12-18-32)50-44(54)35-22-16-24-41(60-6)43(35)62-8/h9-24,30-31,36-39H,25-29H2,1-8H3,(H,49,55)(H,50,54)(H,51,58)(H,52,57)(H,53,56)/t36-,37-,38-,39-/m0/s1. The largest absolute Gasteiger partial charge is 0.493 e. The van der Waals surface area contributed by atoms with Crippen molar-refractivity contribution in [3.8, 4) is 23.0 Å². The van der Waals surface area contributed by atoms with E-state index in [1.807, 2.05) is 94.4 Å². The predicted molar refractivity (Wildman–Crippen MR) is 237 cm³/mol. The van der Waals surface area contributed by atoms with Crippen LogP contribution in [0.4, 0.5) is 0 Å². The van der Waals surface area contributed by atoms with Crippen LogP contribution in [0.25, 0.3) is 0 Å². The monoisotopic (exact) mass is 851 g/mol. The zero-order valence-corrected chi connectivity index (χ0v) is 36.9. The molecule has 4 aromatic rings. The molecule has 0 unspecified atom stereocenters. The molecule has 0 aromatic heterocycles. The zero-order chi connectivity index (χ0) is 45.2. The van der Waals surface area contributed by atoms with Gasteiger partial charge in [0.15, 0.2) is 23.0 Å². The molecule has 14 nitrogen and oxygen atoms in total. The number of carbonyl (C=O) groups excluding carboxylic acids is 5. The minimum absolute atomic E-state index is 0.0273. The van der Waals surface area contributed by atoms with E-state index in [0.717, 1.165) is 11.1 Å². The first kappa shape index (κ1) is 48.1. The molecule has 4 atom stereocenters. The van der Waals surface area contributed by atoms with E-state index in [9.17, 15) is 24.0 Å². The molecule has 0 aliphatic carbocycles. The van der Waals surface area contributed by atoms with Crippen LogP contribution in [0.1, 0.15) is 67.6 Å². The summed E-state index contributed by atoms with van der Waals surface area (Å²) in [6.45, 7) is 7.83. The lowest BCUT2D eigenvalue weighted by Crippen LogP contribution is -2.59. The summed E-state index contributed by atoms with van der Waals surface area (Å²) in [7, 11) is 5.93. The van der Waals surface area contributed by atoms with Crippen molar-refractivity contribution < 1.29 is 42.9 Å². The summed E-state index contributed by atoms with van der Waals surface area (Å²) >= 11 is 0. The van der Waals surface area contributed by atoms with Crippen LogP contribution in [0, 0.1) is 11.8 Å². The first-order valence-corrected chi connectivity index (χ1v) is 20.8. The predicted octanol–water partition coefficient (Wildman–Crippen LogP) is 5.17. The number of para-hydroxylation sites is 2. The number of carbonyl (C=O) groups is 5. The molecule has 0 aliphatic heterocycles. The van der Waals surface area contributed by atoms with E-state index in [0.29, 0.717) is 29.2 Å². The summed E-state index contributed by atoms with van der Waals surface area (Å²) < 4.78 is 21.8. The van der Waals surface area contributed by atoms with Crippen molar-refractivity contribution in [1.29, 1.82) is 0 Å².